The molecule has 1 N–H and O–H groups in total. The Labute approximate surface area is 175 Å². The van der Waals surface area contributed by atoms with E-state index < -0.39 is 0 Å². The van der Waals surface area contributed by atoms with Gasteiger partial charge in [-0.1, -0.05) is 6.07 Å². The minimum absolute atomic E-state index is 0.192. The van der Waals surface area contributed by atoms with Crippen molar-refractivity contribution in [2.75, 3.05) is 26.7 Å². The van der Waals surface area contributed by atoms with Gasteiger partial charge in [0.2, 0.25) is 11.8 Å². The fraction of sp³-hybridized carbons (Fsp3) is 0.348. The van der Waals surface area contributed by atoms with E-state index in [4.69, 9.17) is 9.47 Å². The third-order valence-electron chi connectivity index (χ3n) is 5.66. The van der Waals surface area contributed by atoms with Gasteiger partial charge in [-0.05, 0) is 50.6 Å². The van der Waals surface area contributed by atoms with E-state index in [1.54, 1.807) is 6.33 Å². The van der Waals surface area contributed by atoms with Crippen molar-refractivity contribution >= 4 is 21.9 Å². The molecule has 4 aromatic rings. The van der Waals surface area contributed by atoms with Crippen LogP contribution in [0.1, 0.15) is 19.8 Å². The number of hydrogen-bond acceptors (Lipinski definition) is 6. The number of likely N-dealkylation sites (tertiary alicyclic amines) is 1. The van der Waals surface area contributed by atoms with Crippen LogP contribution in [0.4, 0.5) is 0 Å². The molecule has 30 heavy (non-hydrogen) atoms. The number of aromatic amines is 1. The Bertz CT molecular complexity index is 1180. The molecule has 0 bridgehead atoms. The number of aromatic nitrogens is 4. The van der Waals surface area contributed by atoms with Crippen molar-refractivity contribution in [3.63, 3.8) is 0 Å². The number of nitrogens with one attached hydrogen (secondary N) is 1. The molecule has 1 aliphatic heterocycles. The predicted octanol–water partition coefficient (Wildman–Crippen LogP) is 4.04. The molecule has 154 valence electrons. The number of hydrogen-bond donors (Lipinski definition) is 1. The van der Waals surface area contributed by atoms with Crippen LogP contribution in [0.15, 0.2) is 42.9 Å². The van der Waals surface area contributed by atoms with Gasteiger partial charge in [0.05, 0.1) is 17.5 Å². The zero-order valence-electron chi connectivity index (χ0n) is 17.3. The maximum absolute atomic E-state index is 6.30. The Morgan fingerprint density at radius 3 is 2.80 bits per heavy atom. The van der Waals surface area contributed by atoms with Gasteiger partial charge in [-0.2, -0.15) is 4.98 Å². The van der Waals surface area contributed by atoms with E-state index in [1.807, 2.05) is 31.3 Å². The van der Waals surface area contributed by atoms with Crippen LogP contribution in [0, 0.1) is 0 Å². The second-order valence-corrected chi connectivity index (χ2v) is 7.71. The summed E-state index contributed by atoms with van der Waals surface area (Å²) in [6.07, 6.45) is 5.78. The number of rotatable bonds is 5. The molecule has 0 atom stereocenters. The van der Waals surface area contributed by atoms with Crippen LogP contribution < -0.4 is 9.47 Å². The number of H-pyrrole nitrogens is 1. The lowest BCUT2D eigenvalue weighted by Crippen LogP contribution is -2.35. The number of piperidine rings is 1. The highest BCUT2D eigenvalue weighted by molar-refractivity contribution is 5.97. The standard InChI is InChI=1S/C23H25N5O2/c1-3-29-21-7-5-17-19(13-24-22(17)27-21)15-4-6-20-18(12-15)23(26-14-25-20)30-16-8-10-28(2)11-9-16/h4-7,12-14,16H,3,8-11H2,1-2H3,(H,24,27). The van der Waals surface area contributed by atoms with Crippen LogP contribution in [-0.4, -0.2) is 57.7 Å². The van der Waals surface area contributed by atoms with Gasteiger partial charge < -0.3 is 19.4 Å². The SMILES string of the molecule is CCOc1ccc2c(-c3ccc4ncnc(OC5CCN(C)CC5)c4c3)c[nH]c2n1. The largest absolute Gasteiger partial charge is 0.478 e. The summed E-state index contributed by atoms with van der Waals surface area (Å²) in [5, 5.41) is 1.98. The first-order valence-corrected chi connectivity index (χ1v) is 10.4. The maximum atomic E-state index is 6.30. The van der Waals surface area contributed by atoms with Crippen molar-refractivity contribution in [1.82, 2.24) is 24.8 Å². The fourth-order valence-electron chi connectivity index (χ4n) is 4.01. The van der Waals surface area contributed by atoms with Crippen LogP contribution >= 0.6 is 0 Å². The Kier molecular flexibility index (Phi) is 4.96. The smallest absolute Gasteiger partial charge is 0.224 e. The maximum Gasteiger partial charge on any atom is 0.224 e. The third-order valence-corrected chi connectivity index (χ3v) is 5.66. The van der Waals surface area contributed by atoms with Crippen LogP contribution in [0.3, 0.4) is 0 Å². The van der Waals surface area contributed by atoms with E-state index in [9.17, 15) is 0 Å². The third kappa shape index (κ3) is 3.57. The summed E-state index contributed by atoms with van der Waals surface area (Å²) in [6, 6.07) is 10.2. The average Bonchev–Trinajstić information content (AvgIpc) is 3.19. The first-order chi connectivity index (χ1) is 14.7. The molecule has 0 amide bonds. The molecule has 1 saturated heterocycles. The van der Waals surface area contributed by atoms with Crippen molar-refractivity contribution in [2.24, 2.45) is 0 Å². The van der Waals surface area contributed by atoms with Gasteiger partial charge in [0.25, 0.3) is 0 Å². The first-order valence-electron chi connectivity index (χ1n) is 10.4. The number of fused-ring (bicyclic) bond motifs is 2. The molecule has 3 aromatic heterocycles. The molecular weight excluding hydrogens is 378 g/mol. The minimum Gasteiger partial charge on any atom is -0.478 e. The van der Waals surface area contributed by atoms with Gasteiger partial charge in [0, 0.05) is 36.3 Å². The van der Waals surface area contributed by atoms with E-state index in [-0.39, 0.29) is 6.10 Å². The number of nitrogens with zero attached hydrogens (tertiary/aromatic N) is 4. The van der Waals surface area contributed by atoms with E-state index in [0.29, 0.717) is 18.4 Å². The molecule has 7 nitrogen and oxygen atoms in total. The van der Waals surface area contributed by atoms with Crippen molar-refractivity contribution in [2.45, 2.75) is 25.9 Å². The molecule has 0 radical (unpaired) electrons. The lowest BCUT2D eigenvalue weighted by atomic mass is 10.0. The van der Waals surface area contributed by atoms with E-state index >= 15 is 0 Å². The van der Waals surface area contributed by atoms with Crippen LogP contribution in [0.2, 0.25) is 0 Å². The van der Waals surface area contributed by atoms with E-state index in [1.165, 1.54) is 0 Å². The van der Waals surface area contributed by atoms with Crippen LogP contribution in [0.25, 0.3) is 33.1 Å². The Hall–Kier alpha value is -3.19. The van der Waals surface area contributed by atoms with Gasteiger partial charge >= 0.3 is 0 Å². The topological polar surface area (TPSA) is 76.2 Å². The summed E-state index contributed by atoms with van der Waals surface area (Å²) in [6.45, 7) is 4.64. The summed E-state index contributed by atoms with van der Waals surface area (Å²) >= 11 is 0. The summed E-state index contributed by atoms with van der Waals surface area (Å²) < 4.78 is 11.8. The van der Waals surface area contributed by atoms with Gasteiger partial charge in [-0.3, -0.25) is 0 Å². The number of benzene rings is 1. The van der Waals surface area contributed by atoms with Gasteiger partial charge in [0.1, 0.15) is 18.1 Å². The zero-order chi connectivity index (χ0) is 20.5. The van der Waals surface area contributed by atoms with Gasteiger partial charge in [0.15, 0.2) is 0 Å². The predicted molar refractivity (Wildman–Crippen MR) is 117 cm³/mol. The Morgan fingerprint density at radius 2 is 1.97 bits per heavy atom. The molecular formula is C23H25N5O2. The van der Waals surface area contributed by atoms with Crippen LogP contribution in [0.5, 0.6) is 11.8 Å². The summed E-state index contributed by atoms with van der Waals surface area (Å²) in [7, 11) is 2.15. The average molecular weight is 403 g/mol. The molecule has 1 aromatic carbocycles. The molecule has 7 heteroatoms. The van der Waals surface area contributed by atoms with Gasteiger partial charge in [-0.25, -0.2) is 9.97 Å². The van der Waals surface area contributed by atoms with E-state index in [0.717, 1.165) is 59.0 Å². The fourth-order valence-corrected chi connectivity index (χ4v) is 4.01. The minimum atomic E-state index is 0.192. The van der Waals surface area contributed by atoms with Crippen molar-refractivity contribution in [3.8, 4) is 22.9 Å². The zero-order valence-corrected chi connectivity index (χ0v) is 17.3. The van der Waals surface area contributed by atoms with Crippen molar-refractivity contribution in [1.29, 1.82) is 0 Å². The highest BCUT2D eigenvalue weighted by atomic mass is 16.5. The van der Waals surface area contributed by atoms with E-state index in [2.05, 4.69) is 44.0 Å². The molecule has 1 aliphatic rings. The normalized spacial score (nSPS) is 15.7. The summed E-state index contributed by atoms with van der Waals surface area (Å²) in [5.41, 5.74) is 3.84. The second kappa shape index (κ2) is 7.91. The van der Waals surface area contributed by atoms with Crippen molar-refractivity contribution in [3.05, 3.63) is 42.9 Å². The highest BCUT2D eigenvalue weighted by Crippen LogP contribution is 2.33. The quantitative estimate of drug-likeness (QED) is 0.542. The number of pyridine rings is 1. The molecule has 0 spiro atoms. The summed E-state index contributed by atoms with van der Waals surface area (Å²) in [5.74, 6) is 1.28. The second-order valence-electron chi connectivity index (χ2n) is 7.71. The summed E-state index contributed by atoms with van der Waals surface area (Å²) in [4.78, 5) is 19.0. The Morgan fingerprint density at radius 1 is 1.10 bits per heavy atom. The molecule has 0 saturated carbocycles. The molecule has 0 unspecified atom stereocenters. The molecule has 0 aliphatic carbocycles. The molecule has 5 rings (SSSR count). The van der Waals surface area contributed by atoms with Crippen LogP contribution in [-0.2, 0) is 0 Å². The lowest BCUT2D eigenvalue weighted by molar-refractivity contribution is 0.111. The first kappa shape index (κ1) is 18.8. The van der Waals surface area contributed by atoms with Gasteiger partial charge in [-0.15, -0.1) is 0 Å². The molecule has 1 fully saturated rings. The number of ether oxygens (including phenoxy) is 2. The Balaban J connectivity index is 1.51. The highest BCUT2D eigenvalue weighted by Gasteiger charge is 2.20. The van der Waals surface area contributed by atoms with Crippen molar-refractivity contribution < 1.29 is 9.47 Å². The monoisotopic (exact) mass is 403 g/mol. The lowest BCUT2D eigenvalue weighted by Gasteiger charge is -2.29. The molecule has 4 heterocycles.